The van der Waals surface area contributed by atoms with E-state index in [1.807, 2.05) is 0 Å². The van der Waals surface area contributed by atoms with Crippen LogP contribution in [-0.4, -0.2) is 5.33 Å². The minimum absolute atomic E-state index is 0.718. The highest BCUT2D eigenvalue weighted by molar-refractivity contribution is 9.09. The van der Waals surface area contributed by atoms with E-state index >= 15 is 0 Å². The van der Waals surface area contributed by atoms with Gasteiger partial charge in [0.15, 0.2) is 0 Å². The van der Waals surface area contributed by atoms with Crippen LogP contribution in [0.5, 0.6) is 0 Å². The Kier molecular flexibility index (Phi) is 2.75. The maximum Gasteiger partial charge on any atom is 0.00879 e. The van der Waals surface area contributed by atoms with Crippen LogP contribution >= 0.6 is 15.9 Å². The zero-order valence-corrected chi connectivity index (χ0v) is 10.3. The van der Waals surface area contributed by atoms with Gasteiger partial charge in [0, 0.05) is 5.33 Å². The molecule has 0 aliphatic heterocycles. The Hall–Kier alpha value is 0.480. The topological polar surface area (TPSA) is 0 Å². The van der Waals surface area contributed by atoms with E-state index in [4.69, 9.17) is 0 Å². The lowest BCUT2D eigenvalue weighted by molar-refractivity contribution is 0.000781. The Labute approximate surface area is 90.6 Å². The molecule has 2 bridgehead atoms. The molecule has 0 atom stereocenters. The number of alkyl halides is 1. The fourth-order valence-corrected chi connectivity index (χ4v) is 4.29. The van der Waals surface area contributed by atoms with Crippen molar-refractivity contribution in [2.24, 2.45) is 10.8 Å². The van der Waals surface area contributed by atoms with Gasteiger partial charge in [-0.1, -0.05) is 29.3 Å². The van der Waals surface area contributed by atoms with Crippen molar-refractivity contribution in [1.82, 2.24) is 0 Å². The van der Waals surface area contributed by atoms with Crippen LogP contribution in [-0.2, 0) is 0 Å². The van der Waals surface area contributed by atoms with E-state index < -0.39 is 0 Å². The third kappa shape index (κ3) is 1.69. The standard InChI is InChI=1S/C12H21Br/c1-2-3-11-4-7-12(10-13,8-5-11)9-6-11/h2-10H2,1H3. The van der Waals surface area contributed by atoms with Crippen LogP contribution in [0.3, 0.4) is 0 Å². The zero-order chi connectivity index (χ0) is 9.36. The van der Waals surface area contributed by atoms with Crippen molar-refractivity contribution in [3.05, 3.63) is 0 Å². The van der Waals surface area contributed by atoms with Crippen LogP contribution in [0, 0.1) is 10.8 Å². The lowest BCUT2D eigenvalue weighted by Gasteiger charge is -2.53. The monoisotopic (exact) mass is 244 g/mol. The summed E-state index contributed by atoms with van der Waals surface area (Å²) in [4.78, 5) is 0. The molecule has 3 saturated carbocycles. The lowest BCUT2D eigenvalue weighted by Crippen LogP contribution is -2.42. The van der Waals surface area contributed by atoms with Gasteiger partial charge in [0.1, 0.15) is 0 Å². The van der Waals surface area contributed by atoms with E-state index in [0.29, 0.717) is 0 Å². The van der Waals surface area contributed by atoms with Crippen molar-refractivity contribution in [1.29, 1.82) is 0 Å². The summed E-state index contributed by atoms with van der Waals surface area (Å²) < 4.78 is 0. The summed E-state index contributed by atoms with van der Waals surface area (Å²) in [6.07, 6.45) is 11.9. The Morgan fingerprint density at radius 1 is 0.923 bits per heavy atom. The highest BCUT2D eigenvalue weighted by Gasteiger charge is 2.47. The number of rotatable bonds is 3. The van der Waals surface area contributed by atoms with Gasteiger partial charge in [0.25, 0.3) is 0 Å². The van der Waals surface area contributed by atoms with Crippen LogP contribution in [0.25, 0.3) is 0 Å². The van der Waals surface area contributed by atoms with Crippen LogP contribution in [0.1, 0.15) is 58.3 Å². The van der Waals surface area contributed by atoms with Crippen LogP contribution in [0.4, 0.5) is 0 Å². The van der Waals surface area contributed by atoms with Crippen LogP contribution < -0.4 is 0 Å². The van der Waals surface area contributed by atoms with E-state index in [-0.39, 0.29) is 0 Å². The molecule has 0 nitrogen and oxygen atoms in total. The van der Waals surface area contributed by atoms with Gasteiger partial charge < -0.3 is 0 Å². The van der Waals surface area contributed by atoms with E-state index in [9.17, 15) is 0 Å². The Balaban J connectivity index is 2.03. The molecule has 76 valence electrons. The molecule has 3 aliphatic carbocycles. The predicted octanol–water partition coefficient (Wildman–Crippen LogP) is 4.52. The molecule has 0 radical (unpaired) electrons. The number of hydrogen-bond donors (Lipinski definition) is 0. The first kappa shape index (κ1) is 10.0. The summed E-state index contributed by atoms with van der Waals surface area (Å²) in [5, 5.41) is 1.25. The maximum atomic E-state index is 3.71. The summed E-state index contributed by atoms with van der Waals surface area (Å²) >= 11 is 3.71. The molecule has 0 unspecified atom stereocenters. The molecule has 0 heterocycles. The average Bonchev–Trinajstić information content (AvgIpc) is 2.21. The Bertz CT molecular complexity index is 161. The van der Waals surface area contributed by atoms with Gasteiger partial charge in [0.05, 0.1) is 0 Å². The molecule has 3 fully saturated rings. The van der Waals surface area contributed by atoms with Crippen LogP contribution in [0.2, 0.25) is 0 Å². The second-order valence-corrected chi connectivity index (χ2v) is 5.94. The molecule has 13 heavy (non-hydrogen) atoms. The molecule has 0 spiro atoms. The van der Waals surface area contributed by atoms with Gasteiger partial charge in [-0.2, -0.15) is 0 Å². The van der Waals surface area contributed by atoms with Crippen molar-refractivity contribution in [3.63, 3.8) is 0 Å². The fraction of sp³-hybridized carbons (Fsp3) is 1.00. The Morgan fingerprint density at radius 3 is 1.77 bits per heavy atom. The largest absolute Gasteiger partial charge is 0.0922 e. The second-order valence-electron chi connectivity index (χ2n) is 5.38. The average molecular weight is 245 g/mol. The molecule has 0 aromatic rings. The van der Waals surface area contributed by atoms with E-state index in [1.165, 1.54) is 56.7 Å². The molecular weight excluding hydrogens is 224 g/mol. The van der Waals surface area contributed by atoms with Gasteiger partial charge >= 0.3 is 0 Å². The summed E-state index contributed by atoms with van der Waals surface area (Å²) in [5.74, 6) is 0. The van der Waals surface area contributed by atoms with Crippen molar-refractivity contribution in [2.75, 3.05) is 5.33 Å². The second kappa shape index (κ2) is 3.56. The third-order valence-corrected chi connectivity index (χ3v) is 5.81. The normalized spacial score (nSPS) is 43.8. The van der Waals surface area contributed by atoms with Crippen molar-refractivity contribution >= 4 is 15.9 Å². The summed E-state index contributed by atoms with van der Waals surface area (Å²) in [6.45, 7) is 2.34. The van der Waals surface area contributed by atoms with Crippen molar-refractivity contribution in [3.8, 4) is 0 Å². The van der Waals surface area contributed by atoms with Gasteiger partial charge in [-0.05, 0) is 55.8 Å². The van der Waals surface area contributed by atoms with E-state index in [0.717, 1.165) is 10.8 Å². The minimum atomic E-state index is 0.718. The summed E-state index contributed by atoms with van der Waals surface area (Å²) in [7, 11) is 0. The number of fused-ring (bicyclic) bond motifs is 3. The fourth-order valence-electron chi connectivity index (χ4n) is 3.45. The highest BCUT2D eigenvalue weighted by atomic mass is 79.9. The summed E-state index contributed by atoms with van der Waals surface area (Å²) in [5.41, 5.74) is 1.51. The molecule has 3 aliphatic rings. The quantitative estimate of drug-likeness (QED) is 0.641. The van der Waals surface area contributed by atoms with Crippen molar-refractivity contribution in [2.45, 2.75) is 58.3 Å². The predicted molar refractivity (Wildman–Crippen MR) is 61.3 cm³/mol. The highest BCUT2D eigenvalue weighted by Crippen LogP contribution is 2.59. The van der Waals surface area contributed by atoms with E-state index in [1.54, 1.807) is 0 Å². The van der Waals surface area contributed by atoms with E-state index in [2.05, 4.69) is 22.9 Å². The van der Waals surface area contributed by atoms with Gasteiger partial charge in [-0.3, -0.25) is 0 Å². The number of hydrogen-bond acceptors (Lipinski definition) is 0. The Morgan fingerprint density at radius 2 is 1.38 bits per heavy atom. The first-order valence-electron chi connectivity index (χ1n) is 5.80. The molecule has 3 rings (SSSR count). The summed E-state index contributed by atoms with van der Waals surface area (Å²) in [6, 6.07) is 0. The molecule has 1 heteroatoms. The molecule has 0 aromatic heterocycles. The molecule has 0 N–H and O–H groups in total. The molecular formula is C12H21Br. The third-order valence-electron chi connectivity index (χ3n) is 4.62. The smallest absolute Gasteiger partial charge is 0.00879 e. The van der Waals surface area contributed by atoms with Gasteiger partial charge in [0.2, 0.25) is 0 Å². The molecule has 0 amide bonds. The SMILES string of the molecule is CCCC12CCC(CBr)(CC1)CC2. The lowest BCUT2D eigenvalue weighted by atomic mass is 9.53. The van der Waals surface area contributed by atoms with Gasteiger partial charge in [-0.15, -0.1) is 0 Å². The van der Waals surface area contributed by atoms with Crippen molar-refractivity contribution < 1.29 is 0 Å². The first-order valence-corrected chi connectivity index (χ1v) is 6.92. The van der Waals surface area contributed by atoms with Crippen LogP contribution in [0.15, 0.2) is 0 Å². The maximum absolute atomic E-state index is 3.71. The molecule has 0 aromatic carbocycles. The van der Waals surface area contributed by atoms with Gasteiger partial charge in [-0.25, -0.2) is 0 Å². The zero-order valence-electron chi connectivity index (χ0n) is 8.74. The number of halogens is 1. The molecule has 0 saturated heterocycles. The first-order chi connectivity index (χ1) is 6.24. The minimum Gasteiger partial charge on any atom is -0.0922 e.